The first-order chi connectivity index (χ1) is 33.5. The Morgan fingerprint density at radius 3 is 0.809 bits per heavy atom. The number of rotatable bonds is 52. The van der Waals surface area contributed by atoms with E-state index in [1.807, 2.05) is 0 Å². The summed E-state index contributed by atoms with van der Waals surface area (Å²) in [6, 6.07) is 0. The predicted octanol–water partition coefficient (Wildman–Crippen LogP) is 19.4. The van der Waals surface area contributed by atoms with Crippen LogP contribution in [0.5, 0.6) is 0 Å². The van der Waals surface area contributed by atoms with Gasteiger partial charge in [-0.3, -0.25) is 14.4 Å². The molecule has 0 amide bonds. The molecule has 68 heavy (non-hydrogen) atoms. The molecule has 0 aromatic carbocycles. The van der Waals surface area contributed by atoms with Crippen molar-refractivity contribution in [3.63, 3.8) is 0 Å². The van der Waals surface area contributed by atoms with Gasteiger partial charge in [-0.1, -0.05) is 222 Å². The summed E-state index contributed by atoms with van der Waals surface area (Å²) in [7, 11) is 0. The van der Waals surface area contributed by atoms with Crippen molar-refractivity contribution in [3.05, 3.63) is 72.9 Å². The van der Waals surface area contributed by atoms with Gasteiger partial charge in [0.2, 0.25) is 0 Å². The van der Waals surface area contributed by atoms with Crippen molar-refractivity contribution in [2.24, 2.45) is 0 Å². The Morgan fingerprint density at radius 1 is 0.294 bits per heavy atom. The average molecular weight is 950 g/mol. The third-order valence-electron chi connectivity index (χ3n) is 12.4. The van der Waals surface area contributed by atoms with E-state index in [0.29, 0.717) is 19.3 Å². The van der Waals surface area contributed by atoms with Crippen molar-refractivity contribution in [2.45, 2.75) is 290 Å². The molecule has 0 bridgehead atoms. The van der Waals surface area contributed by atoms with Gasteiger partial charge in [-0.25, -0.2) is 0 Å². The van der Waals surface area contributed by atoms with Crippen LogP contribution < -0.4 is 0 Å². The van der Waals surface area contributed by atoms with E-state index in [9.17, 15) is 14.4 Å². The van der Waals surface area contributed by atoms with Crippen molar-refractivity contribution in [2.75, 3.05) is 13.2 Å². The molecule has 0 aliphatic heterocycles. The molecule has 392 valence electrons. The van der Waals surface area contributed by atoms with Gasteiger partial charge >= 0.3 is 17.9 Å². The highest BCUT2D eigenvalue weighted by molar-refractivity contribution is 5.71. The topological polar surface area (TPSA) is 78.9 Å². The quantitative estimate of drug-likeness (QED) is 0.0262. The van der Waals surface area contributed by atoms with E-state index < -0.39 is 6.10 Å². The zero-order valence-electron chi connectivity index (χ0n) is 44.9. The number of ether oxygens (including phenoxy) is 3. The van der Waals surface area contributed by atoms with Gasteiger partial charge in [-0.2, -0.15) is 0 Å². The molecule has 0 radical (unpaired) electrons. The van der Waals surface area contributed by atoms with E-state index in [1.165, 1.54) is 128 Å². The second-order valence-electron chi connectivity index (χ2n) is 19.2. The molecule has 0 aromatic rings. The minimum Gasteiger partial charge on any atom is -0.462 e. The van der Waals surface area contributed by atoms with Crippen LogP contribution in [0.4, 0.5) is 0 Å². The first-order valence-electron chi connectivity index (χ1n) is 28.9. The van der Waals surface area contributed by atoms with E-state index in [1.54, 1.807) is 0 Å². The van der Waals surface area contributed by atoms with Gasteiger partial charge in [0, 0.05) is 19.3 Å². The second-order valence-corrected chi connectivity index (χ2v) is 19.2. The van der Waals surface area contributed by atoms with Gasteiger partial charge in [-0.05, 0) is 116 Å². The summed E-state index contributed by atoms with van der Waals surface area (Å²) in [4.78, 5) is 38.2. The van der Waals surface area contributed by atoms with Crippen LogP contribution in [0.15, 0.2) is 72.9 Å². The van der Waals surface area contributed by atoms with Crippen molar-refractivity contribution in [3.8, 4) is 0 Å². The molecular weight excluding hydrogens is 841 g/mol. The number of hydrogen-bond acceptors (Lipinski definition) is 6. The molecule has 0 rings (SSSR count). The Bertz CT molecular complexity index is 1270. The van der Waals surface area contributed by atoms with Crippen LogP contribution in [-0.2, 0) is 28.6 Å². The fourth-order valence-electron chi connectivity index (χ4n) is 8.00. The first kappa shape index (κ1) is 64.8. The zero-order valence-corrected chi connectivity index (χ0v) is 44.9. The van der Waals surface area contributed by atoms with Gasteiger partial charge in [0.05, 0.1) is 0 Å². The molecule has 6 nitrogen and oxygen atoms in total. The molecule has 0 spiro atoms. The molecule has 0 heterocycles. The van der Waals surface area contributed by atoms with Crippen molar-refractivity contribution < 1.29 is 28.6 Å². The largest absolute Gasteiger partial charge is 0.462 e. The molecule has 0 fully saturated rings. The maximum absolute atomic E-state index is 12.9. The summed E-state index contributed by atoms with van der Waals surface area (Å²) in [5, 5.41) is 0. The number of esters is 3. The van der Waals surface area contributed by atoms with Gasteiger partial charge in [0.25, 0.3) is 0 Å². The molecule has 0 aromatic heterocycles. The van der Waals surface area contributed by atoms with Crippen molar-refractivity contribution >= 4 is 17.9 Å². The van der Waals surface area contributed by atoms with Crippen LogP contribution in [0.3, 0.4) is 0 Å². The Morgan fingerprint density at radius 2 is 0.529 bits per heavy atom. The van der Waals surface area contributed by atoms with Crippen LogP contribution in [0.25, 0.3) is 0 Å². The number of carbonyl (C=O) groups excluding carboxylic acids is 3. The highest BCUT2D eigenvalue weighted by Gasteiger charge is 2.19. The van der Waals surface area contributed by atoms with E-state index >= 15 is 0 Å². The van der Waals surface area contributed by atoms with Gasteiger partial charge in [0.15, 0.2) is 6.10 Å². The molecule has 1 unspecified atom stereocenters. The lowest BCUT2D eigenvalue weighted by Crippen LogP contribution is -2.30. The smallest absolute Gasteiger partial charge is 0.306 e. The Hall–Kier alpha value is -3.15. The van der Waals surface area contributed by atoms with Crippen molar-refractivity contribution in [1.82, 2.24) is 0 Å². The lowest BCUT2D eigenvalue weighted by Gasteiger charge is -2.18. The molecular formula is C62H108O6. The van der Waals surface area contributed by atoms with Crippen LogP contribution >= 0.6 is 0 Å². The second kappa shape index (κ2) is 56.4. The molecule has 0 saturated carbocycles. The molecule has 1 atom stereocenters. The summed E-state index contributed by atoms with van der Waals surface area (Å²) in [6.45, 7) is 6.58. The molecule has 0 saturated heterocycles. The normalized spacial score (nSPS) is 12.6. The van der Waals surface area contributed by atoms with Crippen LogP contribution in [0.2, 0.25) is 0 Å². The minimum atomic E-state index is -0.793. The number of unbranched alkanes of at least 4 members (excludes halogenated alkanes) is 29. The van der Waals surface area contributed by atoms with E-state index in [0.717, 1.165) is 116 Å². The Balaban J connectivity index is 4.44. The first-order valence-corrected chi connectivity index (χ1v) is 28.9. The molecule has 0 aliphatic carbocycles. The standard InChI is InChI=1S/C62H108O6/c1-4-7-10-13-16-19-22-25-28-31-32-35-37-40-43-46-49-52-55-61(64)67-58-59(68-62(65)56-53-50-47-44-41-38-34-30-27-24-21-18-15-12-9-6-3)57-66-60(63)54-51-48-45-42-39-36-33-29-26-23-20-17-14-11-8-5-2/h19-24,28-31,33-34,59H,4-18,25-27,32,35-58H2,1-3H3/b22-19-,23-20-,24-21-,31-28-,33-29-,34-30-. The summed E-state index contributed by atoms with van der Waals surface area (Å²) in [6.07, 6.45) is 71.7. The van der Waals surface area contributed by atoms with Gasteiger partial charge < -0.3 is 14.2 Å². The van der Waals surface area contributed by atoms with Crippen LogP contribution in [0.1, 0.15) is 284 Å². The third kappa shape index (κ3) is 53.8. The van der Waals surface area contributed by atoms with Crippen LogP contribution in [-0.4, -0.2) is 37.2 Å². The highest BCUT2D eigenvalue weighted by Crippen LogP contribution is 2.14. The van der Waals surface area contributed by atoms with E-state index in [2.05, 4.69) is 93.7 Å². The minimum absolute atomic E-state index is 0.0896. The van der Waals surface area contributed by atoms with Crippen molar-refractivity contribution in [1.29, 1.82) is 0 Å². The average Bonchev–Trinajstić information content (AvgIpc) is 3.34. The van der Waals surface area contributed by atoms with Gasteiger partial charge in [-0.15, -0.1) is 0 Å². The summed E-state index contributed by atoms with van der Waals surface area (Å²) in [5.74, 6) is -0.917. The molecule has 0 N–H and O–H groups in total. The zero-order chi connectivity index (χ0) is 49.3. The fourth-order valence-corrected chi connectivity index (χ4v) is 8.00. The number of hydrogen-bond donors (Lipinski definition) is 0. The molecule has 6 heteroatoms. The summed E-state index contributed by atoms with van der Waals surface area (Å²) < 4.78 is 16.9. The fraction of sp³-hybridized carbons (Fsp3) is 0.758. The summed E-state index contributed by atoms with van der Waals surface area (Å²) >= 11 is 0. The lowest BCUT2D eigenvalue weighted by molar-refractivity contribution is -0.167. The highest BCUT2D eigenvalue weighted by atomic mass is 16.6. The van der Waals surface area contributed by atoms with Gasteiger partial charge in [0.1, 0.15) is 13.2 Å². The van der Waals surface area contributed by atoms with Crippen LogP contribution in [0, 0.1) is 0 Å². The SMILES string of the molecule is CCCCCC/C=C\C/C=C\CCCCCCCCCC(=O)OCC(COC(=O)CCCCCCC/C=C\C/C=C\CCCCCC)OC(=O)CCCCCCC/C=C\C/C=C\CCCCCC. The van der Waals surface area contributed by atoms with E-state index in [-0.39, 0.29) is 31.1 Å². The maximum Gasteiger partial charge on any atom is 0.306 e. The Kier molecular flexibility index (Phi) is 53.8. The predicted molar refractivity (Wildman–Crippen MR) is 293 cm³/mol. The number of carbonyl (C=O) groups is 3. The van der Waals surface area contributed by atoms with E-state index in [4.69, 9.17) is 14.2 Å². The monoisotopic (exact) mass is 949 g/mol. The lowest BCUT2D eigenvalue weighted by atomic mass is 10.1. The molecule has 0 aliphatic rings. The Labute approximate surface area is 421 Å². The number of allylic oxidation sites excluding steroid dienone is 12. The maximum atomic E-state index is 12.9. The third-order valence-corrected chi connectivity index (χ3v) is 12.4. The summed E-state index contributed by atoms with van der Waals surface area (Å²) in [5.41, 5.74) is 0.